The van der Waals surface area contributed by atoms with E-state index in [9.17, 15) is 26.7 Å². The third kappa shape index (κ3) is 4.45. The van der Waals surface area contributed by atoms with Gasteiger partial charge < -0.3 is 11.8 Å². The Balaban J connectivity index is 0.00000288. The van der Waals surface area contributed by atoms with E-state index >= 15 is 0 Å². The van der Waals surface area contributed by atoms with Gasteiger partial charge in [0.25, 0.3) is 20.2 Å². The van der Waals surface area contributed by atoms with Gasteiger partial charge in [-0.3, -0.25) is 13.9 Å². The Bertz CT molecular complexity index is 1030. The molecule has 0 aliphatic heterocycles. The molecule has 2 aromatic carbocycles. The topological polar surface area (TPSA) is 158 Å². The van der Waals surface area contributed by atoms with Crippen LogP contribution >= 0.6 is 0 Å². The second kappa shape index (κ2) is 6.96. The average Bonchev–Trinajstić information content (AvgIpc) is 2.34. The summed E-state index contributed by atoms with van der Waals surface area (Å²) >= 11 is 0. The molecule has 0 radical (unpaired) electrons. The first kappa shape index (κ1) is 20.8. The van der Waals surface area contributed by atoms with Gasteiger partial charge in [0.05, 0.1) is 15.5 Å². The van der Waals surface area contributed by atoms with Gasteiger partial charge in [-0.05, 0) is 23.6 Å². The van der Waals surface area contributed by atoms with Crippen molar-refractivity contribution in [2.45, 2.75) is 16.7 Å². The van der Waals surface area contributed by atoms with E-state index in [1.54, 1.807) is 0 Å². The van der Waals surface area contributed by atoms with Gasteiger partial charge in [0.1, 0.15) is 5.75 Å². The van der Waals surface area contributed by atoms with E-state index in [2.05, 4.69) is 5.32 Å². The molecule has 0 bridgehead atoms. The van der Waals surface area contributed by atoms with Gasteiger partial charge in [-0.2, -0.15) is 16.8 Å². The summed E-state index contributed by atoms with van der Waals surface area (Å²) in [6.45, 7) is 1.13. The van der Waals surface area contributed by atoms with Crippen molar-refractivity contribution < 1.29 is 66.8 Å². The number of hydrogen-bond acceptors (Lipinski definition) is 6. The summed E-state index contributed by atoms with van der Waals surface area (Å²) in [5.74, 6) is -1.20. The Morgan fingerprint density at radius 3 is 1.88 bits per heavy atom. The molecule has 0 atom stereocenters. The van der Waals surface area contributed by atoms with E-state index in [0.717, 1.165) is 31.2 Å². The molecule has 0 aromatic heterocycles. The van der Waals surface area contributed by atoms with Crippen molar-refractivity contribution in [2.24, 2.45) is 0 Å². The monoisotopic (exact) mass is 385 g/mol. The SMILES string of the molecule is CC(=O)Nc1cc(S(=O)(=O)O)cc2cc(S(=O)(=O)O)cc(O)c12.[H-].[Na+]. The first-order valence-electron chi connectivity index (χ1n) is 5.93. The largest absolute Gasteiger partial charge is 1.00 e. The third-order valence-corrected chi connectivity index (χ3v) is 4.54. The fourth-order valence-electron chi connectivity index (χ4n) is 2.02. The van der Waals surface area contributed by atoms with Gasteiger partial charge in [0.15, 0.2) is 0 Å². The molecule has 12 heteroatoms. The second-order valence-electron chi connectivity index (χ2n) is 4.64. The van der Waals surface area contributed by atoms with Gasteiger partial charge in [-0.25, -0.2) is 0 Å². The van der Waals surface area contributed by atoms with Crippen LogP contribution in [0, 0.1) is 0 Å². The standard InChI is InChI=1S/C12H11NO8S2.Na.H/c1-6(14)13-10-4-8(22(16,17)18)2-7-3-9(23(19,20)21)5-11(15)12(7)10;;/h2-5,15H,1H3,(H,13,14)(H,16,17,18)(H,19,20,21);;/q;+1;-1. The number of carbonyl (C=O) groups is 1. The third-order valence-electron chi connectivity index (χ3n) is 2.88. The van der Waals surface area contributed by atoms with Gasteiger partial charge in [0.2, 0.25) is 5.91 Å². The summed E-state index contributed by atoms with van der Waals surface area (Å²) in [7, 11) is -9.32. The maximum absolute atomic E-state index is 11.3. The summed E-state index contributed by atoms with van der Waals surface area (Å²) in [4.78, 5) is 9.91. The molecule has 24 heavy (non-hydrogen) atoms. The smallest absolute Gasteiger partial charge is 1.00 e. The fourth-order valence-corrected chi connectivity index (χ4v) is 3.10. The molecule has 0 unspecified atom stereocenters. The zero-order valence-corrected chi connectivity index (χ0v) is 16.1. The molecule has 2 aromatic rings. The molecule has 0 saturated carbocycles. The molecule has 0 spiro atoms. The van der Waals surface area contributed by atoms with E-state index in [1.807, 2.05) is 0 Å². The molecule has 0 aliphatic carbocycles. The van der Waals surface area contributed by atoms with Crippen molar-refractivity contribution >= 4 is 42.6 Å². The van der Waals surface area contributed by atoms with Crippen LogP contribution in [-0.4, -0.2) is 37.0 Å². The molecule has 4 N–H and O–H groups in total. The first-order chi connectivity index (χ1) is 10.4. The fraction of sp³-hybridized carbons (Fsp3) is 0.0833. The predicted octanol–water partition coefficient (Wildman–Crippen LogP) is -1.89. The number of fused-ring (bicyclic) bond motifs is 1. The van der Waals surface area contributed by atoms with Crippen LogP contribution in [0.3, 0.4) is 0 Å². The summed E-state index contributed by atoms with van der Waals surface area (Å²) in [5, 5.41) is 12.1. The van der Waals surface area contributed by atoms with Crippen LogP contribution in [0.15, 0.2) is 34.1 Å². The number of anilines is 1. The van der Waals surface area contributed by atoms with Gasteiger partial charge in [-0.1, -0.05) is 0 Å². The minimum Gasteiger partial charge on any atom is -1.00 e. The average molecular weight is 385 g/mol. The van der Waals surface area contributed by atoms with Crippen LogP contribution in [0.5, 0.6) is 5.75 Å². The van der Waals surface area contributed by atoms with Crippen LogP contribution in [0.4, 0.5) is 5.69 Å². The quantitative estimate of drug-likeness (QED) is 0.353. The van der Waals surface area contributed by atoms with Crippen molar-refractivity contribution in [2.75, 3.05) is 5.32 Å². The number of aromatic hydroxyl groups is 1. The number of benzene rings is 2. The van der Waals surface area contributed by atoms with Crippen molar-refractivity contribution in [3.63, 3.8) is 0 Å². The Labute approximate surface area is 161 Å². The van der Waals surface area contributed by atoms with Crippen LogP contribution in [0.2, 0.25) is 0 Å². The Hall–Kier alpha value is -1.21. The molecular weight excluding hydrogens is 373 g/mol. The zero-order valence-electron chi connectivity index (χ0n) is 13.5. The number of phenols is 1. The van der Waals surface area contributed by atoms with Gasteiger partial charge in [0, 0.05) is 18.4 Å². The minimum absolute atomic E-state index is 0. The van der Waals surface area contributed by atoms with E-state index in [4.69, 9.17) is 9.11 Å². The zero-order chi connectivity index (χ0) is 17.6. The van der Waals surface area contributed by atoms with E-state index in [-0.39, 0.29) is 47.4 Å². The Kier molecular flexibility index (Phi) is 6.04. The number of nitrogens with one attached hydrogen (secondary N) is 1. The van der Waals surface area contributed by atoms with Crippen molar-refractivity contribution in [3.8, 4) is 5.75 Å². The van der Waals surface area contributed by atoms with Gasteiger partial charge in [-0.15, -0.1) is 0 Å². The maximum Gasteiger partial charge on any atom is 1.00 e. The number of hydrogen-bond donors (Lipinski definition) is 4. The number of carbonyl (C=O) groups excluding carboxylic acids is 1. The molecule has 126 valence electrons. The van der Waals surface area contributed by atoms with E-state index < -0.39 is 41.7 Å². The Morgan fingerprint density at radius 1 is 1.00 bits per heavy atom. The van der Waals surface area contributed by atoms with Crippen LogP contribution in [0.1, 0.15) is 8.35 Å². The molecule has 0 saturated heterocycles. The summed E-state index contributed by atoms with van der Waals surface area (Å²) in [6, 6.07) is 3.44. The molecule has 9 nitrogen and oxygen atoms in total. The van der Waals surface area contributed by atoms with E-state index in [1.165, 1.54) is 0 Å². The van der Waals surface area contributed by atoms with Crippen LogP contribution in [-0.2, 0) is 25.0 Å². The van der Waals surface area contributed by atoms with Crippen molar-refractivity contribution in [3.05, 3.63) is 24.3 Å². The summed E-state index contributed by atoms with van der Waals surface area (Å²) in [5.41, 5.74) is -0.151. The number of amides is 1. The minimum atomic E-state index is -4.66. The molecule has 0 aliphatic rings. The Morgan fingerprint density at radius 2 is 1.46 bits per heavy atom. The second-order valence-corrected chi connectivity index (χ2v) is 7.49. The van der Waals surface area contributed by atoms with Crippen molar-refractivity contribution in [1.29, 1.82) is 0 Å². The van der Waals surface area contributed by atoms with Gasteiger partial charge >= 0.3 is 29.6 Å². The maximum atomic E-state index is 11.3. The van der Waals surface area contributed by atoms with Crippen molar-refractivity contribution in [1.82, 2.24) is 0 Å². The summed E-state index contributed by atoms with van der Waals surface area (Å²) in [6.07, 6.45) is 0. The summed E-state index contributed by atoms with van der Waals surface area (Å²) < 4.78 is 63.1. The first-order valence-corrected chi connectivity index (χ1v) is 8.81. The number of phenolic OH excluding ortho intramolecular Hbond substituents is 1. The molecule has 0 fully saturated rings. The predicted molar refractivity (Wildman–Crippen MR) is 80.7 cm³/mol. The van der Waals surface area contributed by atoms with Crippen LogP contribution < -0.4 is 34.9 Å². The van der Waals surface area contributed by atoms with E-state index in [0.29, 0.717) is 0 Å². The molecule has 2 rings (SSSR count). The molecule has 1 amide bonds. The molecular formula is C12H12NNaO8S2. The number of rotatable bonds is 3. The molecule has 0 heterocycles. The van der Waals surface area contributed by atoms with Crippen LogP contribution in [0.25, 0.3) is 10.8 Å². The normalized spacial score (nSPS) is 11.8.